The molecular formula is C19H28N2O4. The van der Waals surface area contributed by atoms with Crippen molar-refractivity contribution in [1.29, 1.82) is 0 Å². The van der Waals surface area contributed by atoms with Crippen LogP contribution < -0.4 is 4.74 Å². The smallest absolute Gasteiger partial charge is 0.264 e. The van der Waals surface area contributed by atoms with Crippen LogP contribution in [-0.4, -0.2) is 81.5 Å². The largest absolute Gasteiger partial charge is 0.480 e. The highest BCUT2D eigenvalue weighted by Crippen LogP contribution is 2.31. The van der Waals surface area contributed by atoms with E-state index in [9.17, 15) is 4.79 Å². The second kappa shape index (κ2) is 8.17. The van der Waals surface area contributed by atoms with E-state index in [2.05, 4.69) is 17.9 Å². The predicted octanol–water partition coefficient (Wildman–Crippen LogP) is 1.10. The molecule has 0 saturated carbocycles. The quantitative estimate of drug-likeness (QED) is 0.771. The van der Waals surface area contributed by atoms with Crippen LogP contribution in [0.5, 0.6) is 5.75 Å². The van der Waals surface area contributed by atoms with E-state index in [0.29, 0.717) is 19.6 Å². The lowest BCUT2D eigenvalue weighted by atomic mass is 10.0. The maximum atomic E-state index is 12.8. The average molecular weight is 348 g/mol. The highest BCUT2D eigenvalue weighted by Gasteiger charge is 2.35. The molecule has 0 N–H and O–H groups in total. The van der Waals surface area contributed by atoms with Gasteiger partial charge < -0.3 is 19.1 Å². The number of ether oxygens (including phenoxy) is 3. The summed E-state index contributed by atoms with van der Waals surface area (Å²) in [5.41, 5.74) is 2.36. The van der Waals surface area contributed by atoms with E-state index in [1.807, 2.05) is 17.0 Å². The van der Waals surface area contributed by atoms with Gasteiger partial charge in [-0.1, -0.05) is 12.1 Å². The second-order valence-corrected chi connectivity index (χ2v) is 6.79. The third-order valence-corrected chi connectivity index (χ3v) is 5.16. The summed E-state index contributed by atoms with van der Waals surface area (Å²) in [4.78, 5) is 17.1. The number of aryl methyl sites for hydroxylation is 1. The molecule has 0 bridgehead atoms. The van der Waals surface area contributed by atoms with Crippen molar-refractivity contribution in [2.45, 2.75) is 25.5 Å². The van der Waals surface area contributed by atoms with Crippen molar-refractivity contribution in [1.82, 2.24) is 9.80 Å². The Balaban J connectivity index is 1.55. The Kier molecular flexibility index (Phi) is 5.93. The number of carbonyl (C=O) groups excluding carboxylic acids is 1. The van der Waals surface area contributed by atoms with E-state index >= 15 is 0 Å². The second-order valence-electron chi connectivity index (χ2n) is 6.79. The van der Waals surface area contributed by atoms with Crippen LogP contribution in [0.2, 0.25) is 0 Å². The molecule has 0 aliphatic carbocycles. The Bertz CT molecular complexity index is 593. The summed E-state index contributed by atoms with van der Waals surface area (Å²) in [5, 5.41) is 0. The number of hydrogen-bond donors (Lipinski definition) is 0. The first kappa shape index (κ1) is 18.2. The summed E-state index contributed by atoms with van der Waals surface area (Å²) in [6, 6.07) is 6.24. The lowest BCUT2D eigenvalue weighted by molar-refractivity contribution is -0.140. The minimum atomic E-state index is -0.378. The van der Waals surface area contributed by atoms with Crippen molar-refractivity contribution >= 4 is 5.91 Å². The summed E-state index contributed by atoms with van der Waals surface area (Å²) in [6.07, 6.45) is 0.299. The molecular weight excluding hydrogens is 320 g/mol. The molecule has 2 aliphatic heterocycles. The van der Waals surface area contributed by atoms with Crippen LogP contribution in [0.25, 0.3) is 0 Å². The molecule has 1 aromatic rings. The first-order valence-electron chi connectivity index (χ1n) is 8.90. The van der Waals surface area contributed by atoms with Gasteiger partial charge in [-0.2, -0.15) is 0 Å². The van der Waals surface area contributed by atoms with Gasteiger partial charge in [0.25, 0.3) is 5.91 Å². The molecule has 6 nitrogen and oxygen atoms in total. The van der Waals surface area contributed by atoms with Crippen LogP contribution in [0.15, 0.2) is 18.2 Å². The first-order chi connectivity index (χ1) is 12.1. The lowest BCUT2D eigenvalue weighted by Gasteiger charge is -2.39. The van der Waals surface area contributed by atoms with Gasteiger partial charge in [0.2, 0.25) is 0 Å². The van der Waals surface area contributed by atoms with Gasteiger partial charge >= 0.3 is 0 Å². The molecule has 138 valence electrons. The molecule has 0 unspecified atom stereocenters. The molecule has 1 aromatic carbocycles. The van der Waals surface area contributed by atoms with Gasteiger partial charge in [-0.15, -0.1) is 0 Å². The molecule has 1 amide bonds. The number of piperazine rings is 1. The van der Waals surface area contributed by atoms with Crippen LogP contribution in [0.1, 0.15) is 11.1 Å². The van der Waals surface area contributed by atoms with Gasteiger partial charge in [-0.05, 0) is 18.6 Å². The van der Waals surface area contributed by atoms with Crippen molar-refractivity contribution in [2.75, 3.05) is 53.6 Å². The van der Waals surface area contributed by atoms with E-state index in [1.54, 1.807) is 14.2 Å². The number of nitrogens with zero attached hydrogens (tertiary/aromatic N) is 2. The van der Waals surface area contributed by atoms with Gasteiger partial charge in [0.1, 0.15) is 5.75 Å². The molecule has 1 fully saturated rings. The van der Waals surface area contributed by atoms with Crippen LogP contribution in [0.3, 0.4) is 0 Å². The molecule has 6 heteroatoms. The minimum Gasteiger partial charge on any atom is -0.480 e. The Hall–Kier alpha value is -1.63. The van der Waals surface area contributed by atoms with Crippen molar-refractivity contribution in [3.63, 3.8) is 0 Å². The summed E-state index contributed by atoms with van der Waals surface area (Å²) in [6.45, 7) is 6.46. The summed E-state index contributed by atoms with van der Waals surface area (Å²) < 4.78 is 16.5. The van der Waals surface area contributed by atoms with Gasteiger partial charge in [0.15, 0.2) is 6.10 Å². The number of methoxy groups -OCH3 is 2. The molecule has 2 aliphatic rings. The third-order valence-electron chi connectivity index (χ3n) is 5.16. The minimum absolute atomic E-state index is 0.102. The molecule has 1 atom stereocenters. The molecule has 2 heterocycles. The molecule has 3 rings (SSSR count). The fourth-order valence-electron chi connectivity index (χ4n) is 3.72. The molecule has 0 aromatic heterocycles. The predicted molar refractivity (Wildman–Crippen MR) is 95.0 cm³/mol. The summed E-state index contributed by atoms with van der Waals surface area (Å²) in [7, 11) is 3.42. The Morgan fingerprint density at radius 1 is 1.20 bits per heavy atom. The fourth-order valence-corrected chi connectivity index (χ4v) is 3.72. The average Bonchev–Trinajstić information content (AvgIpc) is 3.07. The molecule has 1 saturated heterocycles. The van der Waals surface area contributed by atoms with Gasteiger partial charge in [-0.25, -0.2) is 0 Å². The SMILES string of the molecule is COCC(COC)N1CCN(C(=O)[C@@H]2Cc3c(C)cccc3O2)CC1. The molecule has 25 heavy (non-hydrogen) atoms. The van der Waals surface area contributed by atoms with E-state index in [4.69, 9.17) is 14.2 Å². The van der Waals surface area contributed by atoms with Gasteiger partial charge in [0, 0.05) is 52.4 Å². The normalized spacial score (nSPS) is 20.6. The summed E-state index contributed by atoms with van der Waals surface area (Å²) in [5.74, 6) is 0.961. The highest BCUT2D eigenvalue weighted by atomic mass is 16.5. The van der Waals surface area contributed by atoms with Crippen molar-refractivity contribution < 1.29 is 19.0 Å². The monoisotopic (exact) mass is 348 g/mol. The topological polar surface area (TPSA) is 51.2 Å². The van der Waals surface area contributed by atoms with Crippen molar-refractivity contribution in [3.05, 3.63) is 29.3 Å². The number of carbonyl (C=O) groups is 1. The molecule has 0 radical (unpaired) electrons. The van der Waals surface area contributed by atoms with Crippen molar-refractivity contribution in [3.8, 4) is 5.75 Å². The highest BCUT2D eigenvalue weighted by molar-refractivity contribution is 5.83. The van der Waals surface area contributed by atoms with E-state index in [1.165, 1.54) is 11.1 Å². The van der Waals surface area contributed by atoms with E-state index in [-0.39, 0.29) is 18.1 Å². The maximum absolute atomic E-state index is 12.8. The molecule has 0 spiro atoms. The number of benzene rings is 1. The zero-order valence-corrected chi connectivity index (χ0v) is 15.4. The number of hydrogen-bond acceptors (Lipinski definition) is 5. The van der Waals surface area contributed by atoms with E-state index in [0.717, 1.165) is 31.9 Å². The van der Waals surface area contributed by atoms with Gasteiger partial charge in [0.05, 0.1) is 19.3 Å². The first-order valence-corrected chi connectivity index (χ1v) is 8.90. The zero-order chi connectivity index (χ0) is 17.8. The summed E-state index contributed by atoms with van der Waals surface area (Å²) >= 11 is 0. The van der Waals surface area contributed by atoms with Crippen LogP contribution in [-0.2, 0) is 20.7 Å². The van der Waals surface area contributed by atoms with Crippen LogP contribution in [0.4, 0.5) is 0 Å². The Morgan fingerprint density at radius 2 is 1.88 bits per heavy atom. The standard InChI is InChI=1S/C19H28N2O4/c1-14-5-4-6-17-16(14)11-18(25-17)19(22)21-9-7-20(8-10-21)15(12-23-2)13-24-3/h4-6,15,18H,7-13H2,1-3H3/t18-/m0/s1. The Labute approximate surface area is 149 Å². The van der Waals surface area contributed by atoms with E-state index < -0.39 is 0 Å². The third kappa shape index (κ3) is 3.97. The lowest BCUT2D eigenvalue weighted by Crippen LogP contribution is -2.56. The van der Waals surface area contributed by atoms with Crippen molar-refractivity contribution in [2.24, 2.45) is 0 Å². The van der Waals surface area contributed by atoms with Crippen LogP contribution >= 0.6 is 0 Å². The Morgan fingerprint density at radius 3 is 2.48 bits per heavy atom. The van der Waals surface area contributed by atoms with Gasteiger partial charge in [-0.3, -0.25) is 9.69 Å². The zero-order valence-electron chi connectivity index (χ0n) is 15.4. The van der Waals surface area contributed by atoms with Crippen LogP contribution in [0, 0.1) is 6.92 Å². The number of fused-ring (bicyclic) bond motifs is 1. The number of rotatable bonds is 6. The fraction of sp³-hybridized carbons (Fsp3) is 0.632. The maximum Gasteiger partial charge on any atom is 0.264 e. The number of amides is 1.